The highest BCUT2D eigenvalue weighted by molar-refractivity contribution is 7.93. The predicted molar refractivity (Wildman–Crippen MR) is 114 cm³/mol. The van der Waals surface area contributed by atoms with Crippen LogP contribution >= 0.6 is 22.9 Å². The number of sulfonamides is 1. The highest BCUT2D eigenvalue weighted by atomic mass is 35.5. The number of rotatable bonds is 5. The third kappa shape index (κ3) is 4.07. The lowest BCUT2D eigenvalue weighted by Crippen LogP contribution is -2.27. The quantitative estimate of drug-likeness (QED) is 0.606. The Hall–Kier alpha value is -2.43. The van der Waals surface area contributed by atoms with E-state index in [1.165, 1.54) is 17.4 Å². The maximum atomic E-state index is 12.9. The van der Waals surface area contributed by atoms with Crippen LogP contribution in [0.4, 0.5) is 5.69 Å². The highest BCUT2D eigenvalue weighted by Gasteiger charge is 2.27. The lowest BCUT2D eigenvalue weighted by Gasteiger charge is -2.10. The highest BCUT2D eigenvalue weighted by Crippen LogP contribution is 2.34. The molecule has 0 spiro atoms. The average molecular weight is 467 g/mol. The van der Waals surface area contributed by atoms with Gasteiger partial charge in [0.15, 0.2) is 0 Å². The van der Waals surface area contributed by atoms with Crippen LogP contribution in [0, 0.1) is 13.8 Å². The van der Waals surface area contributed by atoms with Crippen LogP contribution in [0.25, 0.3) is 10.7 Å². The second-order valence-corrected chi connectivity index (χ2v) is 10.4. The fraction of sp³-hybridized carbons (Fsp3) is 0.316. The Bertz CT molecular complexity index is 1210. The third-order valence-corrected chi connectivity index (χ3v) is 7.73. The summed E-state index contributed by atoms with van der Waals surface area (Å²) in [6, 6.07) is 6.55. The molecule has 3 aromatic rings. The van der Waals surface area contributed by atoms with Gasteiger partial charge in [-0.2, -0.15) is 4.98 Å². The summed E-state index contributed by atoms with van der Waals surface area (Å²) >= 11 is 7.36. The molecule has 0 unspecified atom stereocenters. The molecule has 1 aromatic carbocycles. The zero-order valence-corrected chi connectivity index (χ0v) is 18.7. The SMILES string of the molecule is Cc1ccc(NS(=O)(=O)c2cc(-c3noc(C(=O)N4CCCC4)n3)sc2C)c(Cl)c1. The number of nitrogens with one attached hydrogen (secondary N) is 1. The van der Waals surface area contributed by atoms with Crippen molar-refractivity contribution >= 4 is 44.6 Å². The van der Waals surface area contributed by atoms with Crippen molar-refractivity contribution in [3.05, 3.63) is 45.6 Å². The molecule has 1 aliphatic rings. The van der Waals surface area contributed by atoms with Gasteiger partial charge in [-0.1, -0.05) is 22.8 Å². The zero-order valence-electron chi connectivity index (χ0n) is 16.3. The van der Waals surface area contributed by atoms with Gasteiger partial charge in [0, 0.05) is 18.0 Å². The van der Waals surface area contributed by atoms with Crippen molar-refractivity contribution in [1.82, 2.24) is 15.0 Å². The van der Waals surface area contributed by atoms with Crippen LogP contribution in [0.2, 0.25) is 5.02 Å². The van der Waals surface area contributed by atoms with E-state index in [2.05, 4.69) is 14.9 Å². The van der Waals surface area contributed by atoms with Gasteiger partial charge < -0.3 is 9.42 Å². The number of aromatic nitrogens is 2. The van der Waals surface area contributed by atoms with Crippen LogP contribution in [0.3, 0.4) is 0 Å². The minimum absolute atomic E-state index is 0.0908. The summed E-state index contributed by atoms with van der Waals surface area (Å²) in [6.45, 7) is 4.90. The molecule has 3 heterocycles. The van der Waals surface area contributed by atoms with Gasteiger partial charge in [-0.25, -0.2) is 8.42 Å². The smallest absolute Gasteiger partial charge is 0.316 e. The molecule has 1 aliphatic heterocycles. The first-order valence-electron chi connectivity index (χ1n) is 9.27. The molecule has 0 aliphatic carbocycles. The first-order chi connectivity index (χ1) is 14.2. The Kier molecular flexibility index (Phi) is 5.56. The lowest BCUT2D eigenvalue weighted by atomic mass is 10.2. The number of aryl methyl sites for hydroxylation is 2. The van der Waals surface area contributed by atoms with Crippen LogP contribution in [0.15, 0.2) is 33.7 Å². The molecule has 1 fully saturated rings. The zero-order chi connectivity index (χ0) is 21.5. The summed E-state index contributed by atoms with van der Waals surface area (Å²) in [6.07, 6.45) is 1.91. The maximum absolute atomic E-state index is 12.9. The second kappa shape index (κ2) is 8.01. The van der Waals surface area contributed by atoms with Gasteiger partial charge in [0.05, 0.1) is 15.6 Å². The first-order valence-corrected chi connectivity index (χ1v) is 11.9. The summed E-state index contributed by atoms with van der Waals surface area (Å²) in [5.74, 6) is -0.213. The minimum Gasteiger partial charge on any atom is -0.334 e. The van der Waals surface area contributed by atoms with E-state index < -0.39 is 10.0 Å². The Morgan fingerprint density at radius 3 is 2.67 bits per heavy atom. The number of hydrogen-bond acceptors (Lipinski definition) is 7. The Balaban J connectivity index is 1.59. The minimum atomic E-state index is -3.87. The normalized spacial score (nSPS) is 14.3. The van der Waals surface area contributed by atoms with E-state index in [-0.39, 0.29) is 22.5 Å². The van der Waals surface area contributed by atoms with E-state index in [1.807, 2.05) is 6.92 Å². The molecule has 0 saturated carbocycles. The number of benzene rings is 1. The topological polar surface area (TPSA) is 105 Å². The molecule has 4 rings (SSSR count). The summed E-state index contributed by atoms with van der Waals surface area (Å²) in [4.78, 5) is 19.4. The molecule has 0 radical (unpaired) electrons. The van der Waals surface area contributed by atoms with Crippen molar-refractivity contribution in [1.29, 1.82) is 0 Å². The van der Waals surface area contributed by atoms with Crippen LogP contribution in [0.1, 0.15) is 34.0 Å². The van der Waals surface area contributed by atoms with E-state index in [1.54, 1.807) is 30.0 Å². The molecule has 1 amide bonds. The number of halogens is 1. The van der Waals surface area contributed by atoms with Gasteiger partial charge in [0.1, 0.15) is 4.90 Å². The number of anilines is 1. The van der Waals surface area contributed by atoms with Crippen LogP contribution in [0.5, 0.6) is 0 Å². The van der Waals surface area contributed by atoms with Gasteiger partial charge in [0.25, 0.3) is 10.0 Å². The summed E-state index contributed by atoms with van der Waals surface area (Å²) in [7, 11) is -3.87. The molecular weight excluding hydrogens is 448 g/mol. The molecule has 1 saturated heterocycles. The monoisotopic (exact) mass is 466 g/mol. The fourth-order valence-electron chi connectivity index (χ4n) is 3.21. The van der Waals surface area contributed by atoms with Gasteiger partial charge in [-0.3, -0.25) is 9.52 Å². The summed E-state index contributed by atoms with van der Waals surface area (Å²) in [5.41, 5.74) is 1.22. The number of nitrogens with zero attached hydrogens (tertiary/aromatic N) is 3. The number of likely N-dealkylation sites (tertiary alicyclic amines) is 1. The van der Waals surface area contributed by atoms with Gasteiger partial charge in [-0.15, -0.1) is 11.3 Å². The van der Waals surface area contributed by atoms with E-state index >= 15 is 0 Å². The molecule has 2 aromatic heterocycles. The van der Waals surface area contributed by atoms with E-state index in [4.69, 9.17) is 16.1 Å². The van der Waals surface area contributed by atoms with Crippen molar-refractivity contribution < 1.29 is 17.7 Å². The molecule has 0 atom stereocenters. The van der Waals surface area contributed by atoms with Crippen molar-refractivity contribution in [3.63, 3.8) is 0 Å². The second-order valence-electron chi connectivity index (χ2n) is 7.04. The number of hydrogen-bond donors (Lipinski definition) is 1. The van der Waals surface area contributed by atoms with Crippen LogP contribution in [-0.4, -0.2) is 42.5 Å². The number of carbonyl (C=O) groups is 1. The van der Waals surface area contributed by atoms with Crippen molar-refractivity contribution in [2.45, 2.75) is 31.6 Å². The van der Waals surface area contributed by atoms with Gasteiger partial charge in [-0.05, 0) is 50.5 Å². The number of carbonyl (C=O) groups excluding carboxylic acids is 1. The fourth-order valence-corrected chi connectivity index (χ4v) is 6.15. The van der Waals surface area contributed by atoms with Crippen molar-refractivity contribution in [2.24, 2.45) is 0 Å². The standard InChI is InChI=1S/C19H19ClN4O4S2/c1-11-5-6-14(13(20)9-11)23-30(26,27)16-10-15(29-12(16)2)17-21-18(28-22-17)19(25)24-7-3-4-8-24/h5-6,9-10,23H,3-4,7-8H2,1-2H3. The Labute approximate surface area is 182 Å². The first kappa shape index (κ1) is 20.8. The molecule has 158 valence electrons. The molecule has 1 N–H and O–H groups in total. The maximum Gasteiger partial charge on any atom is 0.316 e. The third-order valence-electron chi connectivity index (χ3n) is 4.75. The van der Waals surface area contributed by atoms with Gasteiger partial charge >= 0.3 is 11.8 Å². The van der Waals surface area contributed by atoms with Crippen LogP contribution in [-0.2, 0) is 10.0 Å². The Morgan fingerprint density at radius 1 is 1.23 bits per heavy atom. The van der Waals surface area contributed by atoms with Crippen molar-refractivity contribution in [3.8, 4) is 10.7 Å². The van der Waals surface area contributed by atoms with E-state index in [0.29, 0.717) is 33.6 Å². The largest absolute Gasteiger partial charge is 0.334 e. The molecular formula is C19H19ClN4O4S2. The summed E-state index contributed by atoms with van der Waals surface area (Å²) in [5, 5.41) is 4.18. The van der Waals surface area contributed by atoms with Crippen LogP contribution < -0.4 is 4.72 Å². The van der Waals surface area contributed by atoms with Crippen molar-refractivity contribution in [2.75, 3.05) is 17.8 Å². The number of amides is 1. The molecule has 30 heavy (non-hydrogen) atoms. The van der Waals surface area contributed by atoms with Gasteiger partial charge in [0.2, 0.25) is 5.82 Å². The lowest BCUT2D eigenvalue weighted by molar-refractivity contribution is 0.0743. The Morgan fingerprint density at radius 2 is 1.97 bits per heavy atom. The molecule has 11 heteroatoms. The average Bonchev–Trinajstić information content (AvgIpc) is 3.43. The molecule has 8 nitrogen and oxygen atoms in total. The summed E-state index contributed by atoms with van der Waals surface area (Å²) < 4.78 is 33.4. The number of thiophene rings is 1. The predicted octanol–water partition coefficient (Wildman–Crippen LogP) is 4.11. The van der Waals surface area contributed by atoms with E-state index in [0.717, 1.165) is 18.4 Å². The van der Waals surface area contributed by atoms with E-state index in [9.17, 15) is 13.2 Å². The molecule has 0 bridgehead atoms.